The third kappa shape index (κ3) is 3.57. The van der Waals surface area contributed by atoms with Crippen molar-refractivity contribution in [1.29, 1.82) is 0 Å². The molecule has 1 aromatic carbocycles. The van der Waals surface area contributed by atoms with Crippen molar-refractivity contribution in [3.63, 3.8) is 0 Å². The zero-order chi connectivity index (χ0) is 13.9. The standard InChI is InChI=1S/C15H23NO2S/c1-12(2)15(14-9-6-10-19(14,17)18)16-11-13-7-4-3-5-8-13/h3-5,7-8,12,14-16H,6,9-11H2,1-2H3. The number of hydrogen-bond acceptors (Lipinski definition) is 3. The monoisotopic (exact) mass is 281 g/mol. The zero-order valence-corrected chi connectivity index (χ0v) is 12.5. The summed E-state index contributed by atoms with van der Waals surface area (Å²) in [7, 11) is -2.90. The van der Waals surface area contributed by atoms with E-state index in [1.807, 2.05) is 18.2 Å². The molecule has 3 nitrogen and oxygen atoms in total. The third-order valence-corrected chi connectivity index (χ3v) is 6.19. The molecule has 0 amide bonds. The van der Waals surface area contributed by atoms with Crippen LogP contribution >= 0.6 is 0 Å². The van der Waals surface area contributed by atoms with Crippen LogP contribution in [-0.4, -0.2) is 25.5 Å². The summed E-state index contributed by atoms with van der Waals surface area (Å²) in [5, 5.41) is 3.24. The van der Waals surface area contributed by atoms with E-state index in [0.717, 1.165) is 19.4 Å². The average Bonchev–Trinajstić information content (AvgIpc) is 2.71. The molecule has 106 valence electrons. The van der Waals surface area contributed by atoms with Crippen LogP contribution in [0.25, 0.3) is 0 Å². The highest BCUT2D eigenvalue weighted by Gasteiger charge is 2.38. The molecule has 2 rings (SSSR count). The van der Waals surface area contributed by atoms with Crippen LogP contribution < -0.4 is 5.32 Å². The van der Waals surface area contributed by atoms with E-state index >= 15 is 0 Å². The zero-order valence-electron chi connectivity index (χ0n) is 11.7. The minimum Gasteiger partial charge on any atom is -0.308 e. The Morgan fingerprint density at radius 1 is 1.26 bits per heavy atom. The van der Waals surface area contributed by atoms with E-state index in [2.05, 4.69) is 31.3 Å². The number of sulfone groups is 1. The second-order valence-corrected chi connectivity index (χ2v) is 8.02. The van der Waals surface area contributed by atoms with Crippen molar-refractivity contribution in [2.24, 2.45) is 5.92 Å². The maximum Gasteiger partial charge on any atom is 0.154 e. The van der Waals surface area contributed by atoms with E-state index in [4.69, 9.17) is 0 Å². The molecule has 0 bridgehead atoms. The highest BCUT2D eigenvalue weighted by molar-refractivity contribution is 7.92. The summed E-state index contributed by atoms with van der Waals surface area (Å²) in [5.41, 5.74) is 1.20. The fourth-order valence-corrected chi connectivity index (χ4v) is 5.10. The van der Waals surface area contributed by atoms with Gasteiger partial charge in [-0.05, 0) is 24.3 Å². The summed E-state index contributed by atoms with van der Waals surface area (Å²) >= 11 is 0. The number of rotatable bonds is 5. The predicted octanol–water partition coefficient (Wildman–Crippen LogP) is 2.38. The average molecular weight is 281 g/mol. The first-order valence-electron chi connectivity index (χ1n) is 6.99. The van der Waals surface area contributed by atoms with Gasteiger partial charge < -0.3 is 5.32 Å². The Labute approximate surface area is 116 Å². The molecule has 0 radical (unpaired) electrons. The van der Waals surface area contributed by atoms with Crippen LogP contribution in [0.1, 0.15) is 32.3 Å². The molecular weight excluding hydrogens is 258 g/mol. The molecule has 1 aromatic rings. The minimum atomic E-state index is -2.90. The van der Waals surface area contributed by atoms with E-state index in [0.29, 0.717) is 11.7 Å². The lowest BCUT2D eigenvalue weighted by Gasteiger charge is -2.27. The van der Waals surface area contributed by atoms with Gasteiger partial charge >= 0.3 is 0 Å². The van der Waals surface area contributed by atoms with E-state index in [9.17, 15) is 8.42 Å². The van der Waals surface area contributed by atoms with Crippen LogP contribution in [0.5, 0.6) is 0 Å². The second kappa shape index (κ2) is 6.06. The first-order chi connectivity index (χ1) is 9.00. The molecule has 0 aliphatic carbocycles. The third-order valence-electron chi connectivity index (χ3n) is 3.88. The van der Waals surface area contributed by atoms with Crippen LogP contribution in [0, 0.1) is 5.92 Å². The largest absolute Gasteiger partial charge is 0.308 e. The highest BCUT2D eigenvalue weighted by atomic mass is 32.2. The first-order valence-corrected chi connectivity index (χ1v) is 8.71. The van der Waals surface area contributed by atoms with Gasteiger partial charge in [-0.15, -0.1) is 0 Å². The fraction of sp³-hybridized carbons (Fsp3) is 0.600. The SMILES string of the molecule is CC(C)C(NCc1ccccc1)C1CCCS1(=O)=O. The molecule has 0 spiro atoms. The van der Waals surface area contributed by atoms with Crippen LogP contribution in [-0.2, 0) is 16.4 Å². The van der Waals surface area contributed by atoms with Crippen molar-refractivity contribution < 1.29 is 8.42 Å². The normalized spacial score (nSPS) is 23.6. The lowest BCUT2D eigenvalue weighted by molar-refractivity contribution is 0.373. The Hall–Kier alpha value is -0.870. The quantitative estimate of drug-likeness (QED) is 0.901. The van der Waals surface area contributed by atoms with E-state index in [1.165, 1.54) is 5.56 Å². The van der Waals surface area contributed by atoms with Gasteiger partial charge in [0, 0.05) is 12.6 Å². The van der Waals surface area contributed by atoms with Gasteiger partial charge in [0.05, 0.1) is 11.0 Å². The molecule has 0 saturated carbocycles. The Kier molecular flexibility index (Phi) is 4.63. The lowest BCUT2D eigenvalue weighted by atomic mass is 9.98. The van der Waals surface area contributed by atoms with Crippen molar-refractivity contribution in [1.82, 2.24) is 5.32 Å². The molecule has 1 fully saturated rings. The smallest absolute Gasteiger partial charge is 0.154 e. The molecule has 1 aliphatic rings. The summed E-state index contributed by atoms with van der Waals surface area (Å²) in [6.07, 6.45) is 1.61. The molecule has 1 heterocycles. The van der Waals surface area contributed by atoms with Crippen LogP contribution in [0.2, 0.25) is 0 Å². The fourth-order valence-electron chi connectivity index (χ4n) is 2.85. The Morgan fingerprint density at radius 3 is 2.47 bits per heavy atom. The minimum absolute atomic E-state index is 0.0488. The van der Waals surface area contributed by atoms with Gasteiger partial charge in [0.1, 0.15) is 0 Å². The van der Waals surface area contributed by atoms with Gasteiger partial charge in [0.25, 0.3) is 0 Å². The van der Waals surface area contributed by atoms with Crippen LogP contribution in [0.15, 0.2) is 30.3 Å². The van der Waals surface area contributed by atoms with Gasteiger partial charge in [-0.1, -0.05) is 44.2 Å². The molecule has 0 aromatic heterocycles. The highest BCUT2D eigenvalue weighted by Crippen LogP contribution is 2.26. The van der Waals surface area contributed by atoms with Crippen LogP contribution in [0.4, 0.5) is 0 Å². The van der Waals surface area contributed by atoms with Gasteiger partial charge in [-0.25, -0.2) is 8.42 Å². The second-order valence-electron chi connectivity index (χ2n) is 5.68. The molecule has 4 heteroatoms. The summed E-state index contributed by atoms with van der Waals surface area (Å²) in [6, 6.07) is 10.2. The van der Waals surface area contributed by atoms with Gasteiger partial charge in [0.15, 0.2) is 9.84 Å². The molecule has 2 atom stereocenters. The van der Waals surface area contributed by atoms with Gasteiger partial charge in [-0.3, -0.25) is 0 Å². The molecule has 19 heavy (non-hydrogen) atoms. The summed E-state index contributed by atoms with van der Waals surface area (Å²) in [5.74, 6) is 0.676. The number of benzene rings is 1. The van der Waals surface area contributed by atoms with E-state index in [-0.39, 0.29) is 11.3 Å². The topological polar surface area (TPSA) is 46.2 Å². The lowest BCUT2D eigenvalue weighted by Crippen LogP contribution is -2.45. The van der Waals surface area contributed by atoms with Gasteiger partial charge in [-0.2, -0.15) is 0 Å². The van der Waals surface area contributed by atoms with Crippen molar-refractivity contribution in [2.75, 3.05) is 5.75 Å². The maximum atomic E-state index is 12.1. The maximum absolute atomic E-state index is 12.1. The predicted molar refractivity (Wildman–Crippen MR) is 78.7 cm³/mol. The van der Waals surface area contributed by atoms with Gasteiger partial charge in [0.2, 0.25) is 0 Å². The summed E-state index contributed by atoms with van der Waals surface area (Å²) in [6.45, 7) is 4.92. The number of nitrogens with one attached hydrogen (secondary N) is 1. The molecule has 1 aliphatic heterocycles. The van der Waals surface area contributed by atoms with Crippen molar-refractivity contribution in [3.05, 3.63) is 35.9 Å². The molecule has 1 N–H and O–H groups in total. The van der Waals surface area contributed by atoms with E-state index in [1.54, 1.807) is 0 Å². The van der Waals surface area contributed by atoms with Crippen molar-refractivity contribution in [3.8, 4) is 0 Å². The van der Waals surface area contributed by atoms with Crippen molar-refractivity contribution >= 4 is 9.84 Å². The summed E-state index contributed by atoms with van der Waals surface area (Å²) in [4.78, 5) is 0. The molecule has 1 saturated heterocycles. The summed E-state index contributed by atoms with van der Waals surface area (Å²) < 4.78 is 24.2. The van der Waals surface area contributed by atoms with E-state index < -0.39 is 9.84 Å². The van der Waals surface area contributed by atoms with Crippen molar-refractivity contribution in [2.45, 2.75) is 44.5 Å². The molecule has 2 unspecified atom stereocenters. The first kappa shape index (κ1) is 14.5. The Bertz CT molecular complexity index is 496. The Balaban J connectivity index is 2.05. The molecular formula is C15H23NO2S. The Morgan fingerprint density at radius 2 is 1.95 bits per heavy atom. The number of hydrogen-bond donors (Lipinski definition) is 1. The van der Waals surface area contributed by atoms with Crippen LogP contribution in [0.3, 0.4) is 0 Å².